The number of carbonyl (C=O) groups excluding carboxylic acids is 1. The second-order valence-electron chi connectivity index (χ2n) is 5.28. The minimum atomic E-state index is -0.822. The van der Waals surface area contributed by atoms with Gasteiger partial charge in [-0.25, -0.2) is 0 Å². The van der Waals surface area contributed by atoms with Crippen molar-refractivity contribution in [3.05, 3.63) is 11.3 Å². The third-order valence-corrected chi connectivity index (χ3v) is 3.69. The molecule has 116 valence electrons. The van der Waals surface area contributed by atoms with Crippen LogP contribution in [0.5, 0.6) is 0 Å². The summed E-state index contributed by atoms with van der Waals surface area (Å²) in [5.41, 5.74) is 6.53. The van der Waals surface area contributed by atoms with E-state index in [1.54, 1.807) is 18.7 Å². The number of nitrogens with two attached hydrogens (primary N) is 1. The number of aliphatic carboxylic acids is 1. The maximum atomic E-state index is 11.6. The highest BCUT2D eigenvalue weighted by atomic mass is 16.4. The first kappa shape index (κ1) is 15.3. The molecule has 0 atom stereocenters. The van der Waals surface area contributed by atoms with E-state index in [0.717, 1.165) is 25.3 Å². The van der Waals surface area contributed by atoms with Gasteiger partial charge in [0.1, 0.15) is 11.4 Å². The Morgan fingerprint density at radius 1 is 1.29 bits per heavy atom. The van der Waals surface area contributed by atoms with E-state index in [-0.39, 0.29) is 6.54 Å². The van der Waals surface area contributed by atoms with E-state index in [2.05, 4.69) is 10.00 Å². The summed E-state index contributed by atoms with van der Waals surface area (Å²) in [5.74, 6) is -0.586. The molecule has 1 amide bonds. The van der Waals surface area contributed by atoms with Crippen LogP contribution in [0.25, 0.3) is 0 Å². The lowest BCUT2D eigenvalue weighted by atomic mass is 10.2. The fourth-order valence-electron chi connectivity index (χ4n) is 2.83. The smallest absolute Gasteiger partial charge is 0.317 e. The molecule has 1 fully saturated rings. The molecule has 1 aromatic heterocycles. The van der Waals surface area contributed by atoms with Crippen LogP contribution >= 0.6 is 0 Å². The monoisotopic (exact) mass is 295 g/mol. The highest BCUT2D eigenvalue weighted by Gasteiger charge is 2.25. The average Bonchev–Trinajstić information content (AvgIpc) is 2.55. The van der Waals surface area contributed by atoms with Crippen molar-refractivity contribution in [3.8, 4) is 0 Å². The molecule has 0 aliphatic carbocycles. The van der Waals surface area contributed by atoms with Crippen LogP contribution in [-0.4, -0.2) is 64.4 Å². The van der Waals surface area contributed by atoms with E-state index in [0.29, 0.717) is 24.3 Å². The fourth-order valence-corrected chi connectivity index (χ4v) is 2.83. The summed E-state index contributed by atoms with van der Waals surface area (Å²) in [6, 6.07) is 0. The van der Waals surface area contributed by atoms with Crippen LogP contribution in [0.2, 0.25) is 0 Å². The molecule has 1 aromatic rings. The molecule has 0 unspecified atom stereocenters. The Kier molecular flexibility index (Phi) is 4.46. The number of hydrogen-bond acceptors (Lipinski definition) is 5. The number of nitrogens with zero attached hydrogens (tertiary/aromatic N) is 4. The molecule has 1 saturated heterocycles. The maximum absolute atomic E-state index is 11.6. The third kappa shape index (κ3) is 3.33. The van der Waals surface area contributed by atoms with Crippen LogP contribution in [-0.2, 0) is 11.8 Å². The van der Waals surface area contributed by atoms with Crippen molar-refractivity contribution in [1.29, 1.82) is 0 Å². The number of primary amides is 1. The quantitative estimate of drug-likeness (QED) is 0.770. The minimum Gasteiger partial charge on any atom is -0.480 e. The van der Waals surface area contributed by atoms with Gasteiger partial charge in [0.25, 0.3) is 5.91 Å². The molecule has 3 N–H and O–H groups in total. The zero-order chi connectivity index (χ0) is 15.6. The zero-order valence-electron chi connectivity index (χ0n) is 12.4. The van der Waals surface area contributed by atoms with E-state index in [1.165, 1.54) is 0 Å². The summed E-state index contributed by atoms with van der Waals surface area (Å²) in [6.07, 6.45) is 0.829. The largest absolute Gasteiger partial charge is 0.480 e. The second kappa shape index (κ2) is 6.13. The number of carboxylic acid groups (broad SMARTS) is 1. The van der Waals surface area contributed by atoms with Crippen molar-refractivity contribution in [2.75, 3.05) is 37.6 Å². The summed E-state index contributed by atoms with van der Waals surface area (Å²) in [6.45, 7) is 4.56. The van der Waals surface area contributed by atoms with Gasteiger partial charge in [-0.15, -0.1) is 0 Å². The van der Waals surface area contributed by atoms with Gasteiger partial charge in [0.15, 0.2) is 0 Å². The summed E-state index contributed by atoms with van der Waals surface area (Å²) in [7, 11) is 1.79. The number of anilines is 1. The molecule has 2 heterocycles. The van der Waals surface area contributed by atoms with Gasteiger partial charge >= 0.3 is 5.97 Å². The Bertz CT molecular complexity index is 554. The van der Waals surface area contributed by atoms with Crippen LogP contribution in [0.15, 0.2) is 0 Å². The number of rotatable bonds is 4. The van der Waals surface area contributed by atoms with Crippen LogP contribution in [0.1, 0.15) is 22.5 Å². The van der Waals surface area contributed by atoms with Crippen LogP contribution in [0.4, 0.5) is 5.82 Å². The first-order valence-electron chi connectivity index (χ1n) is 6.92. The van der Waals surface area contributed by atoms with Gasteiger partial charge < -0.3 is 15.7 Å². The third-order valence-electron chi connectivity index (χ3n) is 3.69. The molecule has 21 heavy (non-hydrogen) atoms. The molecule has 8 nitrogen and oxygen atoms in total. The molecule has 2 rings (SSSR count). The van der Waals surface area contributed by atoms with E-state index in [1.807, 2.05) is 4.90 Å². The predicted octanol–water partition coefficient (Wildman–Crippen LogP) is -0.576. The number of aromatic nitrogens is 2. The molecular weight excluding hydrogens is 274 g/mol. The summed E-state index contributed by atoms with van der Waals surface area (Å²) in [4.78, 5) is 26.4. The molecule has 0 saturated carbocycles. The Morgan fingerprint density at radius 3 is 2.62 bits per heavy atom. The Morgan fingerprint density at radius 2 is 2.00 bits per heavy atom. The average molecular weight is 295 g/mol. The Hall–Kier alpha value is -2.09. The zero-order valence-corrected chi connectivity index (χ0v) is 12.4. The molecule has 0 spiro atoms. The van der Waals surface area contributed by atoms with E-state index in [4.69, 9.17) is 10.8 Å². The summed E-state index contributed by atoms with van der Waals surface area (Å²) in [5, 5.41) is 13.1. The predicted molar refractivity (Wildman–Crippen MR) is 77.4 cm³/mol. The molecule has 8 heteroatoms. The highest BCUT2D eigenvalue weighted by molar-refractivity contribution is 5.99. The number of carbonyl (C=O) groups is 2. The van der Waals surface area contributed by atoms with E-state index >= 15 is 0 Å². The van der Waals surface area contributed by atoms with Crippen molar-refractivity contribution in [1.82, 2.24) is 14.7 Å². The Labute approximate surface area is 123 Å². The molecule has 0 bridgehead atoms. The lowest BCUT2D eigenvalue weighted by molar-refractivity contribution is -0.138. The van der Waals surface area contributed by atoms with Gasteiger partial charge in [0.05, 0.1) is 12.2 Å². The maximum Gasteiger partial charge on any atom is 0.317 e. The molecule has 1 aliphatic rings. The van der Waals surface area contributed by atoms with Crippen molar-refractivity contribution < 1.29 is 14.7 Å². The van der Waals surface area contributed by atoms with Gasteiger partial charge in [-0.05, 0) is 13.3 Å². The first-order valence-corrected chi connectivity index (χ1v) is 6.92. The van der Waals surface area contributed by atoms with Gasteiger partial charge in [-0.3, -0.25) is 19.2 Å². The molecule has 1 aliphatic heterocycles. The van der Waals surface area contributed by atoms with Gasteiger partial charge in [0.2, 0.25) is 0 Å². The van der Waals surface area contributed by atoms with Gasteiger partial charge in [-0.2, -0.15) is 5.10 Å². The van der Waals surface area contributed by atoms with Crippen LogP contribution in [0, 0.1) is 6.92 Å². The lowest BCUT2D eigenvalue weighted by Gasteiger charge is -2.23. The van der Waals surface area contributed by atoms with E-state index < -0.39 is 11.9 Å². The topological polar surface area (TPSA) is 105 Å². The minimum absolute atomic E-state index is 0.0426. The van der Waals surface area contributed by atoms with E-state index in [9.17, 15) is 9.59 Å². The molecular formula is C13H21N5O3. The lowest BCUT2D eigenvalue weighted by Crippen LogP contribution is -2.35. The number of hydrogen-bond donors (Lipinski definition) is 2. The highest BCUT2D eigenvalue weighted by Crippen LogP contribution is 2.23. The summed E-state index contributed by atoms with van der Waals surface area (Å²) >= 11 is 0. The fraction of sp³-hybridized carbons (Fsp3) is 0.615. The van der Waals surface area contributed by atoms with Crippen LogP contribution in [0.3, 0.4) is 0 Å². The van der Waals surface area contributed by atoms with Gasteiger partial charge in [-0.1, -0.05) is 0 Å². The summed E-state index contributed by atoms with van der Waals surface area (Å²) < 4.78 is 1.67. The van der Waals surface area contributed by atoms with Crippen molar-refractivity contribution in [3.63, 3.8) is 0 Å². The van der Waals surface area contributed by atoms with Gasteiger partial charge in [0, 0.05) is 33.2 Å². The normalized spacial score (nSPS) is 16.8. The number of carboxylic acids is 1. The van der Waals surface area contributed by atoms with Crippen molar-refractivity contribution in [2.24, 2.45) is 12.8 Å². The van der Waals surface area contributed by atoms with Crippen molar-refractivity contribution >= 4 is 17.7 Å². The molecule has 0 radical (unpaired) electrons. The number of aryl methyl sites for hydroxylation is 2. The molecule has 0 aromatic carbocycles. The number of amides is 1. The Balaban J connectivity index is 2.20. The van der Waals surface area contributed by atoms with Crippen LogP contribution < -0.4 is 10.6 Å². The second-order valence-corrected chi connectivity index (χ2v) is 5.28. The SMILES string of the molecule is Cc1nn(C)c(N2CCCN(CC(=O)O)CC2)c1C(N)=O. The standard InChI is InChI=1S/C13H21N5O3/c1-9-11(12(14)21)13(16(2)15-9)18-5-3-4-17(6-7-18)8-10(19)20/h3-8H2,1-2H3,(H2,14,21)(H,19,20). The van der Waals surface area contributed by atoms with Crippen molar-refractivity contribution in [2.45, 2.75) is 13.3 Å². The first-order chi connectivity index (χ1) is 9.90.